The highest BCUT2D eigenvalue weighted by Crippen LogP contribution is 2.43. The lowest BCUT2D eigenvalue weighted by Gasteiger charge is -2.31. The van der Waals surface area contributed by atoms with Crippen LogP contribution in [0.3, 0.4) is 0 Å². The van der Waals surface area contributed by atoms with Crippen molar-refractivity contribution >= 4 is 57.7 Å². The second-order valence-corrected chi connectivity index (χ2v) is 16.9. The Morgan fingerprint density at radius 3 is 1.64 bits per heavy atom. The molecule has 44 heavy (non-hydrogen) atoms. The Hall–Kier alpha value is -2.35. The summed E-state index contributed by atoms with van der Waals surface area (Å²) in [6, 6.07) is 28.7. The molecule has 1 fully saturated rings. The molecule has 0 aromatic heterocycles. The first-order chi connectivity index (χ1) is 21.1. The molecule has 1 unspecified atom stereocenters. The fourth-order valence-corrected chi connectivity index (χ4v) is 9.26. The molecule has 6 rings (SSSR count). The van der Waals surface area contributed by atoms with Crippen molar-refractivity contribution < 1.29 is 9.59 Å². The van der Waals surface area contributed by atoms with E-state index >= 15 is 0 Å². The van der Waals surface area contributed by atoms with Gasteiger partial charge in [-0.05, 0) is 96.9 Å². The molecule has 0 spiro atoms. The molecule has 5 heteroatoms. The normalized spacial score (nSPS) is 18.9. The first-order valence-corrected chi connectivity index (χ1v) is 18.6. The smallest absolute Gasteiger partial charge is 0.195 e. The van der Waals surface area contributed by atoms with Crippen LogP contribution >= 0.6 is 46.1 Å². The van der Waals surface area contributed by atoms with Gasteiger partial charge in [0.15, 0.2) is 11.6 Å². The third-order valence-corrected chi connectivity index (χ3v) is 13.2. The number of ketones is 2. The number of hydrogen-bond donors (Lipinski definition) is 0. The van der Waals surface area contributed by atoms with Gasteiger partial charge in [0.25, 0.3) is 0 Å². The van der Waals surface area contributed by atoms with E-state index in [0.717, 1.165) is 29.4 Å². The Morgan fingerprint density at radius 2 is 1.18 bits per heavy atom. The van der Waals surface area contributed by atoms with E-state index in [9.17, 15) is 9.59 Å². The summed E-state index contributed by atoms with van der Waals surface area (Å²) < 4.78 is 0.793. The standard InChI is InChI=1S/C39H39IO2S2/c1-5-32(40)26-14-12-24(13-15-26)25-16-20-28(21-17-25)43-33-10-6-8-30-35(33)37(41)31-9-7-11-34(36(31)38(30)42)44-29-22-18-27(19-23-29)39(2,3)4/h6-11,16-24,26,32H,5,12-15H2,1-4H3. The number of alkyl halides is 1. The maximum Gasteiger partial charge on any atom is 0.195 e. The van der Waals surface area contributed by atoms with Crippen molar-refractivity contribution in [3.8, 4) is 0 Å². The summed E-state index contributed by atoms with van der Waals surface area (Å²) in [7, 11) is 0. The predicted octanol–water partition coefficient (Wildman–Crippen LogP) is 11.5. The van der Waals surface area contributed by atoms with Crippen LogP contribution in [-0.2, 0) is 5.41 Å². The molecule has 0 saturated heterocycles. The van der Waals surface area contributed by atoms with Crippen LogP contribution in [0.2, 0.25) is 0 Å². The fourth-order valence-electron chi connectivity index (χ4n) is 6.58. The highest BCUT2D eigenvalue weighted by molar-refractivity contribution is 14.1. The van der Waals surface area contributed by atoms with Gasteiger partial charge in [-0.25, -0.2) is 0 Å². The van der Waals surface area contributed by atoms with Crippen LogP contribution < -0.4 is 0 Å². The van der Waals surface area contributed by atoms with Crippen molar-refractivity contribution in [2.45, 2.75) is 94.6 Å². The van der Waals surface area contributed by atoms with E-state index in [-0.39, 0.29) is 17.0 Å². The fraction of sp³-hybridized carbons (Fsp3) is 0.333. The molecule has 0 radical (unpaired) electrons. The van der Waals surface area contributed by atoms with Gasteiger partial charge in [-0.15, -0.1) is 0 Å². The molecular weight excluding hydrogens is 691 g/mol. The number of hydrogen-bond acceptors (Lipinski definition) is 4. The van der Waals surface area contributed by atoms with Crippen LogP contribution in [0.5, 0.6) is 0 Å². The molecule has 1 saturated carbocycles. The largest absolute Gasteiger partial charge is 0.289 e. The van der Waals surface area contributed by atoms with Crippen molar-refractivity contribution in [2.75, 3.05) is 0 Å². The molecule has 0 aliphatic heterocycles. The van der Waals surface area contributed by atoms with Gasteiger partial charge < -0.3 is 0 Å². The Morgan fingerprint density at radius 1 is 0.705 bits per heavy atom. The zero-order chi connectivity index (χ0) is 31.0. The molecule has 4 aromatic carbocycles. The Labute approximate surface area is 284 Å². The van der Waals surface area contributed by atoms with E-state index in [1.54, 1.807) is 35.7 Å². The molecule has 226 valence electrons. The van der Waals surface area contributed by atoms with E-state index in [1.165, 1.54) is 43.2 Å². The molecule has 1 atom stereocenters. The second kappa shape index (κ2) is 13.2. The number of rotatable bonds is 7. The Balaban J connectivity index is 1.21. The summed E-state index contributed by atoms with van der Waals surface area (Å²) in [5, 5.41) is 0. The van der Waals surface area contributed by atoms with Crippen molar-refractivity contribution in [1.82, 2.24) is 0 Å². The highest BCUT2D eigenvalue weighted by atomic mass is 127. The minimum Gasteiger partial charge on any atom is -0.289 e. The summed E-state index contributed by atoms with van der Waals surface area (Å²) in [6.45, 7) is 8.90. The Kier molecular flexibility index (Phi) is 9.47. The summed E-state index contributed by atoms with van der Waals surface area (Å²) in [4.78, 5) is 31.8. The van der Waals surface area contributed by atoms with Crippen molar-refractivity contribution in [1.29, 1.82) is 0 Å². The lowest BCUT2D eigenvalue weighted by Crippen LogP contribution is -2.22. The average molecular weight is 731 g/mol. The van der Waals surface area contributed by atoms with Gasteiger partial charge in [0.05, 0.1) is 0 Å². The average Bonchev–Trinajstić information content (AvgIpc) is 3.03. The van der Waals surface area contributed by atoms with Crippen molar-refractivity contribution in [3.05, 3.63) is 118 Å². The summed E-state index contributed by atoms with van der Waals surface area (Å²) in [5.74, 6) is 1.34. The summed E-state index contributed by atoms with van der Waals surface area (Å²) >= 11 is 5.76. The van der Waals surface area contributed by atoms with Gasteiger partial charge in [-0.3, -0.25) is 9.59 Å². The minimum atomic E-state index is -0.0748. The van der Waals surface area contributed by atoms with Gasteiger partial charge in [0.2, 0.25) is 0 Å². The van der Waals surface area contributed by atoms with Crippen LogP contribution in [0.25, 0.3) is 0 Å². The van der Waals surface area contributed by atoms with Gasteiger partial charge in [0, 0.05) is 45.8 Å². The van der Waals surface area contributed by atoms with Gasteiger partial charge in [-0.2, -0.15) is 0 Å². The first kappa shape index (κ1) is 31.6. The van der Waals surface area contributed by atoms with Crippen LogP contribution in [0.4, 0.5) is 0 Å². The lowest BCUT2D eigenvalue weighted by molar-refractivity contribution is 0.0974. The summed E-state index contributed by atoms with van der Waals surface area (Å²) in [5.41, 5.74) is 4.79. The Bertz CT molecular complexity index is 1680. The molecule has 2 aliphatic rings. The first-order valence-electron chi connectivity index (χ1n) is 15.7. The second-order valence-electron chi connectivity index (χ2n) is 13.1. The molecule has 2 aliphatic carbocycles. The van der Waals surface area contributed by atoms with E-state index < -0.39 is 0 Å². The third kappa shape index (κ3) is 6.47. The monoisotopic (exact) mass is 730 g/mol. The van der Waals surface area contributed by atoms with E-state index in [1.807, 2.05) is 24.3 Å². The topological polar surface area (TPSA) is 34.1 Å². The van der Waals surface area contributed by atoms with E-state index in [4.69, 9.17) is 0 Å². The van der Waals surface area contributed by atoms with Gasteiger partial charge in [-0.1, -0.05) is 122 Å². The van der Waals surface area contributed by atoms with E-state index in [2.05, 4.69) is 98.8 Å². The zero-order valence-corrected chi connectivity index (χ0v) is 29.7. The maximum atomic E-state index is 14.0. The van der Waals surface area contributed by atoms with Crippen LogP contribution in [-0.4, -0.2) is 15.5 Å². The summed E-state index contributed by atoms with van der Waals surface area (Å²) in [6.07, 6.45) is 6.43. The number of benzene rings is 4. The zero-order valence-electron chi connectivity index (χ0n) is 25.9. The quantitative estimate of drug-likeness (QED) is 0.123. The molecule has 4 aromatic rings. The molecule has 0 N–H and O–H groups in total. The van der Waals surface area contributed by atoms with Gasteiger partial charge in [0.1, 0.15) is 0 Å². The maximum absolute atomic E-state index is 14.0. The van der Waals surface area contributed by atoms with E-state index in [0.29, 0.717) is 28.2 Å². The molecule has 2 nitrogen and oxygen atoms in total. The van der Waals surface area contributed by atoms with Gasteiger partial charge >= 0.3 is 0 Å². The number of halogens is 1. The van der Waals surface area contributed by atoms with Crippen molar-refractivity contribution in [2.24, 2.45) is 5.92 Å². The third-order valence-electron chi connectivity index (χ3n) is 9.20. The number of fused-ring (bicyclic) bond motifs is 2. The van der Waals surface area contributed by atoms with Crippen LogP contribution in [0, 0.1) is 5.92 Å². The predicted molar refractivity (Wildman–Crippen MR) is 192 cm³/mol. The molecular formula is C39H39IO2S2. The van der Waals surface area contributed by atoms with Crippen LogP contribution in [0.15, 0.2) is 105 Å². The number of carbonyl (C=O) groups excluding carboxylic acids is 2. The minimum absolute atomic E-state index is 0.0720. The SMILES string of the molecule is CCC(I)C1CCC(c2ccc(Sc3cccc4c3C(=O)c3cccc(Sc5ccc(C(C)(C)C)cc5)c3C4=O)cc2)CC1. The number of carbonyl (C=O) groups is 2. The lowest BCUT2D eigenvalue weighted by atomic mass is 9.77. The van der Waals surface area contributed by atoms with Crippen molar-refractivity contribution in [3.63, 3.8) is 0 Å². The molecule has 0 amide bonds. The molecule has 0 bridgehead atoms. The highest BCUT2D eigenvalue weighted by Gasteiger charge is 2.34. The molecule has 0 heterocycles. The van der Waals surface area contributed by atoms with Crippen LogP contribution in [0.1, 0.15) is 109 Å².